The molecule has 0 saturated heterocycles. The van der Waals surface area contributed by atoms with Crippen molar-refractivity contribution in [2.24, 2.45) is 0 Å². The standard InChI is InChI=1S/C17H22NO4PS/c1-3-22-23(19)17(13-15-7-5-4-6-8-15)18-24(20,21)16-11-9-14(2)10-12-16/h4-12,17-19H,3,13H2,1-2H3/t17-,23?/m1/s1. The van der Waals surface area contributed by atoms with Gasteiger partial charge in [-0.1, -0.05) is 48.0 Å². The number of aryl methyl sites for hydroxylation is 1. The van der Waals surface area contributed by atoms with Crippen LogP contribution in [0.25, 0.3) is 0 Å². The maximum atomic E-state index is 12.6. The number of hydrogen-bond donors (Lipinski definition) is 2. The van der Waals surface area contributed by atoms with Crippen molar-refractivity contribution in [3.63, 3.8) is 0 Å². The predicted molar refractivity (Wildman–Crippen MR) is 96.2 cm³/mol. The lowest BCUT2D eigenvalue weighted by molar-refractivity contribution is 0.318. The Bertz CT molecular complexity index is 735. The maximum Gasteiger partial charge on any atom is 0.241 e. The minimum absolute atomic E-state index is 0.172. The molecule has 2 atom stereocenters. The number of rotatable bonds is 8. The molecule has 0 amide bonds. The molecule has 2 N–H and O–H groups in total. The highest BCUT2D eigenvalue weighted by molar-refractivity contribution is 7.89. The summed E-state index contributed by atoms with van der Waals surface area (Å²) < 4.78 is 33.0. The normalized spacial score (nSPS) is 14.3. The van der Waals surface area contributed by atoms with E-state index >= 15 is 0 Å². The molecule has 0 heterocycles. The fourth-order valence-electron chi connectivity index (χ4n) is 2.19. The summed E-state index contributed by atoms with van der Waals surface area (Å²) in [6.07, 6.45) is 0.355. The third kappa shape index (κ3) is 5.36. The molecule has 5 nitrogen and oxygen atoms in total. The van der Waals surface area contributed by atoms with Crippen LogP contribution in [-0.2, 0) is 21.0 Å². The Morgan fingerprint density at radius 3 is 2.33 bits per heavy atom. The van der Waals surface area contributed by atoms with Gasteiger partial charge in [0.15, 0.2) is 8.38 Å². The Kier molecular flexibility index (Phi) is 6.90. The lowest BCUT2D eigenvalue weighted by Gasteiger charge is -2.23. The average Bonchev–Trinajstić information content (AvgIpc) is 2.55. The van der Waals surface area contributed by atoms with Crippen LogP contribution in [0, 0.1) is 6.92 Å². The number of sulfonamides is 1. The molecule has 0 radical (unpaired) electrons. The second kappa shape index (κ2) is 8.70. The SMILES string of the molecule is CCOP(O)[C@H](Cc1ccccc1)NS(=O)(=O)c1ccc(C)cc1. The van der Waals surface area contributed by atoms with Crippen molar-refractivity contribution in [2.45, 2.75) is 30.9 Å². The van der Waals surface area contributed by atoms with Crippen molar-refractivity contribution in [1.82, 2.24) is 4.72 Å². The minimum Gasteiger partial charge on any atom is -0.349 e. The zero-order chi connectivity index (χ0) is 17.6. The van der Waals surface area contributed by atoms with Crippen molar-refractivity contribution in [1.29, 1.82) is 0 Å². The van der Waals surface area contributed by atoms with E-state index in [4.69, 9.17) is 4.52 Å². The van der Waals surface area contributed by atoms with Gasteiger partial charge < -0.3 is 9.42 Å². The van der Waals surface area contributed by atoms with Gasteiger partial charge in [0.05, 0.1) is 17.3 Å². The van der Waals surface area contributed by atoms with Crippen molar-refractivity contribution in [2.75, 3.05) is 6.61 Å². The van der Waals surface area contributed by atoms with Gasteiger partial charge in [-0.3, -0.25) is 0 Å². The molecule has 0 spiro atoms. The van der Waals surface area contributed by atoms with E-state index in [1.54, 1.807) is 31.2 Å². The van der Waals surface area contributed by atoms with Crippen LogP contribution < -0.4 is 4.72 Å². The first-order chi connectivity index (χ1) is 11.4. The lowest BCUT2D eigenvalue weighted by atomic mass is 10.1. The molecule has 0 aliphatic rings. The highest BCUT2D eigenvalue weighted by Gasteiger charge is 2.27. The maximum absolute atomic E-state index is 12.6. The molecule has 2 aromatic rings. The van der Waals surface area contributed by atoms with Gasteiger partial charge in [-0.05, 0) is 38.0 Å². The van der Waals surface area contributed by atoms with E-state index < -0.39 is 24.2 Å². The van der Waals surface area contributed by atoms with E-state index in [0.29, 0.717) is 13.0 Å². The first kappa shape index (κ1) is 19.0. The zero-order valence-corrected chi connectivity index (χ0v) is 15.4. The van der Waals surface area contributed by atoms with E-state index in [2.05, 4.69) is 4.72 Å². The quantitative estimate of drug-likeness (QED) is 0.703. The van der Waals surface area contributed by atoms with Crippen LogP contribution in [0.2, 0.25) is 0 Å². The van der Waals surface area contributed by atoms with Crippen LogP contribution in [0.1, 0.15) is 18.1 Å². The lowest BCUT2D eigenvalue weighted by Crippen LogP contribution is -2.35. The Labute approximate surface area is 144 Å². The fraction of sp³-hybridized carbons (Fsp3) is 0.294. The van der Waals surface area contributed by atoms with Gasteiger partial charge in [0.25, 0.3) is 0 Å². The first-order valence-electron chi connectivity index (χ1n) is 7.66. The molecule has 0 bridgehead atoms. The number of hydrogen-bond acceptors (Lipinski definition) is 4. The van der Waals surface area contributed by atoms with Crippen molar-refractivity contribution in [3.8, 4) is 0 Å². The molecule has 2 aromatic carbocycles. The summed E-state index contributed by atoms with van der Waals surface area (Å²) in [4.78, 5) is 10.4. The average molecular weight is 367 g/mol. The van der Waals surface area contributed by atoms with E-state index in [0.717, 1.165) is 11.1 Å². The van der Waals surface area contributed by atoms with Crippen LogP contribution in [0.3, 0.4) is 0 Å². The third-order valence-electron chi connectivity index (χ3n) is 3.42. The second-order valence-electron chi connectivity index (χ2n) is 5.36. The van der Waals surface area contributed by atoms with Gasteiger partial charge >= 0.3 is 0 Å². The summed E-state index contributed by atoms with van der Waals surface area (Å²) in [6, 6.07) is 16.0. The summed E-state index contributed by atoms with van der Waals surface area (Å²) in [6.45, 7) is 3.98. The van der Waals surface area contributed by atoms with Crippen LogP contribution in [0.4, 0.5) is 0 Å². The summed E-state index contributed by atoms with van der Waals surface area (Å²) in [5.74, 6) is -0.714. The van der Waals surface area contributed by atoms with Gasteiger partial charge in [-0.15, -0.1) is 0 Å². The molecule has 0 aromatic heterocycles. The molecule has 0 fully saturated rings. The predicted octanol–water partition coefficient (Wildman–Crippen LogP) is 3.18. The molecule has 0 aliphatic carbocycles. The molecular weight excluding hydrogens is 345 g/mol. The van der Waals surface area contributed by atoms with Crippen LogP contribution >= 0.6 is 8.38 Å². The molecule has 130 valence electrons. The molecule has 24 heavy (non-hydrogen) atoms. The minimum atomic E-state index is -3.73. The summed E-state index contributed by atoms with van der Waals surface area (Å²) in [7, 11) is -5.65. The summed E-state index contributed by atoms with van der Waals surface area (Å²) in [5.41, 5.74) is 1.91. The fourth-order valence-corrected chi connectivity index (χ4v) is 4.85. The number of benzene rings is 2. The molecule has 1 unspecified atom stereocenters. The molecule has 2 rings (SSSR count). The van der Waals surface area contributed by atoms with Gasteiger partial charge in [-0.2, -0.15) is 4.72 Å². The largest absolute Gasteiger partial charge is 0.349 e. The van der Waals surface area contributed by atoms with E-state index in [-0.39, 0.29) is 4.90 Å². The highest BCUT2D eigenvalue weighted by atomic mass is 32.2. The Morgan fingerprint density at radius 2 is 1.75 bits per heavy atom. The molecule has 0 aliphatic heterocycles. The first-order valence-corrected chi connectivity index (χ1v) is 10.4. The summed E-state index contributed by atoms with van der Waals surface area (Å²) >= 11 is 0. The Hall–Kier alpha value is -1.30. The third-order valence-corrected chi connectivity index (χ3v) is 6.45. The molecule has 7 heteroatoms. The van der Waals surface area contributed by atoms with Crippen LogP contribution in [0.5, 0.6) is 0 Å². The topological polar surface area (TPSA) is 75.6 Å². The molecule has 0 saturated carbocycles. The van der Waals surface area contributed by atoms with Crippen LogP contribution in [0.15, 0.2) is 59.5 Å². The Morgan fingerprint density at radius 1 is 1.12 bits per heavy atom. The van der Waals surface area contributed by atoms with Crippen molar-refractivity contribution < 1.29 is 17.8 Å². The zero-order valence-electron chi connectivity index (χ0n) is 13.7. The Balaban J connectivity index is 2.21. The highest BCUT2D eigenvalue weighted by Crippen LogP contribution is 2.38. The summed E-state index contributed by atoms with van der Waals surface area (Å²) in [5, 5.41) is 0. The van der Waals surface area contributed by atoms with Gasteiger partial charge in [0.1, 0.15) is 0 Å². The number of nitrogens with one attached hydrogen (secondary N) is 1. The van der Waals surface area contributed by atoms with Gasteiger partial charge in [0.2, 0.25) is 10.0 Å². The van der Waals surface area contributed by atoms with Gasteiger partial charge in [-0.25, -0.2) is 8.42 Å². The second-order valence-corrected chi connectivity index (χ2v) is 8.56. The van der Waals surface area contributed by atoms with E-state index in [9.17, 15) is 13.3 Å². The van der Waals surface area contributed by atoms with Crippen molar-refractivity contribution in [3.05, 3.63) is 65.7 Å². The van der Waals surface area contributed by atoms with Crippen molar-refractivity contribution >= 4 is 18.4 Å². The van der Waals surface area contributed by atoms with Gasteiger partial charge in [0, 0.05) is 0 Å². The monoisotopic (exact) mass is 367 g/mol. The van der Waals surface area contributed by atoms with E-state index in [1.807, 2.05) is 37.3 Å². The van der Waals surface area contributed by atoms with Crippen LogP contribution in [-0.4, -0.2) is 25.7 Å². The smallest absolute Gasteiger partial charge is 0.241 e. The van der Waals surface area contributed by atoms with E-state index in [1.165, 1.54) is 0 Å². The molecular formula is C17H22NO4PS.